The first kappa shape index (κ1) is 13.7. The van der Waals surface area contributed by atoms with Gasteiger partial charge in [-0.1, -0.05) is 23.7 Å². The fourth-order valence-electron chi connectivity index (χ4n) is 2.27. The van der Waals surface area contributed by atoms with Crippen molar-refractivity contribution < 1.29 is 4.74 Å². The van der Waals surface area contributed by atoms with E-state index in [0.717, 1.165) is 28.3 Å². The summed E-state index contributed by atoms with van der Waals surface area (Å²) in [5.74, 6) is 1.51. The zero-order valence-electron chi connectivity index (χ0n) is 11.9. The van der Waals surface area contributed by atoms with Crippen LogP contribution < -0.4 is 4.74 Å². The Kier molecular flexibility index (Phi) is 3.40. The first-order chi connectivity index (χ1) is 11.3. The van der Waals surface area contributed by atoms with Gasteiger partial charge < -0.3 is 4.74 Å². The van der Waals surface area contributed by atoms with Gasteiger partial charge >= 0.3 is 0 Å². The third kappa shape index (κ3) is 2.86. The molecule has 23 heavy (non-hydrogen) atoms. The molecule has 2 aromatic heterocycles. The van der Waals surface area contributed by atoms with E-state index < -0.39 is 0 Å². The number of pyridine rings is 1. The normalized spacial score (nSPS) is 10.8. The Morgan fingerprint density at radius 1 is 0.783 bits per heavy atom. The molecule has 0 saturated heterocycles. The van der Waals surface area contributed by atoms with Crippen LogP contribution in [0.25, 0.3) is 16.8 Å². The van der Waals surface area contributed by atoms with Crippen molar-refractivity contribution in [2.75, 3.05) is 0 Å². The highest BCUT2D eigenvalue weighted by atomic mass is 35.5. The predicted molar refractivity (Wildman–Crippen MR) is 87.7 cm³/mol. The Hall–Kier alpha value is -2.92. The summed E-state index contributed by atoms with van der Waals surface area (Å²) in [4.78, 5) is 0. The van der Waals surface area contributed by atoms with Gasteiger partial charge in [-0.05, 0) is 64.5 Å². The van der Waals surface area contributed by atoms with Crippen LogP contribution in [0.1, 0.15) is 0 Å². The first-order valence-electron chi connectivity index (χ1n) is 6.99. The number of halogens is 1. The van der Waals surface area contributed by atoms with Gasteiger partial charge in [0.25, 0.3) is 0 Å². The summed E-state index contributed by atoms with van der Waals surface area (Å²) in [6.07, 6.45) is 1.89. The van der Waals surface area contributed by atoms with Crippen LogP contribution in [0, 0.1) is 0 Å². The summed E-state index contributed by atoms with van der Waals surface area (Å²) in [5, 5.41) is 12.1. The van der Waals surface area contributed by atoms with E-state index in [-0.39, 0.29) is 0 Å². The molecule has 4 rings (SSSR count). The SMILES string of the molecule is Clc1ccc(Oc2ccc(-c3ccc4nnnn4c3)cc2)cc1. The lowest BCUT2D eigenvalue weighted by molar-refractivity contribution is 0.483. The van der Waals surface area contributed by atoms with Gasteiger partial charge in [0.15, 0.2) is 5.65 Å². The molecule has 0 aliphatic heterocycles. The number of aromatic nitrogens is 4. The number of nitrogens with zero attached hydrogens (tertiary/aromatic N) is 4. The number of ether oxygens (including phenoxy) is 1. The summed E-state index contributed by atoms with van der Waals surface area (Å²) >= 11 is 5.86. The Morgan fingerprint density at radius 3 is 2.17 bits per heavy atom. The molecule has 0 saturated carbocycles. The molecule has 2 aromatic carbocycles. The molecular weight excluding hydrogens is 312 g/mol. The summed E-state index contributed by atoms with van der Waals surface area (Å²) in [7, 11) is 0. The van der Waals surface area contributed by atoms with Crippen molar-refractivity contribution in [1.29, 1.82) is 0 Å². The quantitative estimate of drug-likeness (QED) is 0.566. The first-order valence-corrected chi connectivity index (χ1v) is 7.37. The van der Waals surface area contributed by atoms with Crippen LogP contribution in [0.5, 0.6) is 11.5 Å². The molecule has 0 fully saturated rings. The van der Waals surface area contributed by atoms with Crippen LogP contribution in [0.2, 0.25) is 5.02 Å². The fraction of sp³-hybridized carbons (Fsp3) is 0. The van der Waals surface area contributed by atoms with E-state index >= 15 is 0 Å². The van der Waals surface area contributed by atoms with Crippen LogP contribution in [-0.2, 0) is 0 Å². The third-order valence-electron chi connectivity index (χ3n) is 3.43. The van der Waals surface area contributed by atoms with Crippen molar-refractivity contribution in [2.24, 2.45) is 0 Å². The zero-order chi connectivity index (χ0) is 15.6. The summed E-state index contributed by atoms with van der Waals surface area (Å²) < 4.78 is 7.43. The zero-order valence-corrected chi connectivity index (χ0v) is 12.7. The Balaban J connectivity index is 1.58. The van der Waals surface area contributed by atoms with Gasteiger partial charge in [0, 0.05) is 16.8 Å². The maximum Gasteiger partial charge on any atom is 0.179 e. The highest BCUT2D eigenvalue weighted by molar-refractivity contribution is 6.30. The number of tetrazole rings is 1. The van der Waals surface area contributed by atoms with E-state index in [0.29, 0.717) is 5.02 Å². The average molecular weight is 323 g/mol. The molecule has 6 heteroatoms. The van der Waals surface area contributed by atoms with Gasteiger partial charge in [-0.25, -0.2) is 4.52 Å². The molecule has 112 valence electrons. The summed E-state index contributed by atoms with van der Waals surface area (Å²) in [6, 6.07) is 19.0. The standard InChI is InChI=1S/C17H11ClN4O/c18-14-4-8-16(9-5-14)23-15-6-1-12(2-7-15)13-3-10-17-19-20-21-22(17)11-13/h1-11H. The smallest absolute Gasteiger partial charge is 0.179 e. The lowest BCUT2D eigenvalue weighted by atomic mass is 10.1. The van der Waals surface area contributed by atoms with Gasteiger partial charge in [0.1, 0.15) is 11.5 Å². The van der Waals surface area contributed by atoms with Gasteiger partial charge in [0.2, 0.25) is 0 Å². The van der Waals surface area contributed by atoms with Gasteiger partial charge in [-0.3, -0.25) is 0 Å². The van der Waals surface area contributed by atoms with Crippen molar-refractivity contribution in [3.05, 3.63) is 71.9 Å². The monoisotopic (exact) mass is 322 g/mol. The molecular formula is C17H11ClN4O. The molecule has 5 nitrogen and oxygen atoms in total. The molecule has 0 amide bonds. The second-order valence-electron chi connectivity index (χ2n) is 4.98. The largest absolute Gasteiger partial charge is 0.457 e. The lowest BCUT2D eigenvalue weighted by Gasteiger charge is -2.07. The topological polar surface area (TPSA) is 52.3 Å². The Bertz CT molecular complexity index is 948. The van der Waals surface area contributed by atoms with E-state index in [2.05, 4.69) is 15.5 Å². The van der Waals surface area contributed by atoms with E-state index in [9.17, 15) is 0 Å². The Labute approximate surface area is 137 Å². The number of rotatable bonds is 3. The highest BCUT2D eigenvalue weighted by Crippen LogP contribution is 2.26. The van der Waals surface area contributed by atoms with E-state index in [1.165, 1.54) is 0 Å². The molecule has 4 aromatic rings. The molecule has 0 spiro atoms. The van der Waals surface area contributed by atoms with E-state index in [4.69, 9.17) is 16.3 Å². The van der Waals surface area contributed by atoms with Crippen molar-refractivity contribution in [3.63, 3.8) is 0 Å². The van der Waals surface area contributed by atoms with Crippen molar-refractivity contribution in [3.8, 4) is 22.6 Å². The summed E-state index contributed by atoms with van der Waals surface area (Å²) in [5.41, 5.74) is 2.81. The van der Waals surface area contributed by atoms with Gasteiger partial charge in [-0.15, -0.1) is 5.10 Å². The minimum absolute atomic E-state index is 0.686. The van der Waals surface area contributed by atoms with Crippen molar-refractivity contribution in [2.45, 2.75) is 0 Å². The average Bonchev–Trinajstić information content (AvgIpc) is 3.05. The van der Waals surface area contributed by atoms with Crippen LogP contribution in [0.4, 0.5) is 0 Å². The number of benzene rings is 2. The molecule has 0 aliphatic carbocycles. The maximum absolute atomic E-state index is 5.86. The van der Waals surface area contributed by atoms with Crippen molar-refractivity contribution in [1.82, 2.24) is 20.0 Å². The number of hydrogen-bond acceptors (Lipinski definition) is 4. The van der Waals surface area contributed by atoms with Crippen LogP contribution in [0.3, 0.4) is 0 Å². The van der Waals surface area contributed by atoms with Gasteiger partial charge in [-0.2, -0.15) is 0 Å². The lowest BCUT2D eigenvalue weighted by Crippen LogP contribution is -1.89. The fourth-order valence-corrected chi connectivity index (χ4v) is 2.39. The van der Waals surface area contributed by atoms with E-state index in [1.807, 2.05) is 54.7 Å². The molecule has 0 aliphatic rings. The molecule has 0 bridgehead atoms. The highest BCUT2D eigenvalue weighted by Gasteiger charge is 2.03. The van der Waals surface area contributed by atoms with Crippen LogP contribution in [-0.4, -0.2) is 20.0 Å². The second-order valence-corrected chi connectivity index (χ2v) is 5.42. The molecule has 2 heterocycles. The molecule has 0 N–H and O–H groups in total. The molecule has 0 atom stereocenters. The summed E-state index contributed by atoms with van der Waals surface area (Å²) in [6.45, 7) is 0. The number of fused-ring (bicyclic) bond motifs is 1. The third-order valence-corrected chi connectivity index (χ3v) is 3.68. The minimum atomic E-state index is 0.686. The number of hydrogen-bond donors (Lipinski definition) is 0. The molecule has 0 unspecified atom stereocenters. The Morgan fingerprint density at radius 2 is 1.43 bits per heavy atom. The molecule has 0 radical (unpaired) electrons. The van der Waals surface area contributed by atoms with E-state index in [1.54, 1.807) is 16.6 Å². The minimum Gasteiger partial charge on any atom is -0.457 e. The predicted octanol–water partition coefficient (Wildman–Crippen LogP) is 4.24. The maximum atomic E-state index is 5.86. The second kappa shape index (κ2) is 5.70. The van der Waals surface area contributed by atoms with Gasteiger partial charge in [0.05, 0.1) is 0 Å². The van der Waals surface area contributed by atoms with Crippen LogP contribution >= 0.6 is 11.6 Å². The van der Waals surface area contributed by atoms with Crippen molar-refractivity contribution >= 4 is 17.2 Å². The van der Waals surface area contributed by atoms with Crippen LogP contribution in [0.15, 0.2) is 66.9 Å².